The minimum atomic E-state index is -2.64. The zero-order chi connectivity index (χ0) is 18.1. The molecule has 132 valence electrons. The molecular formula is C19H19F3N2O. The Balaban J connectivity index is 2.16. The van der Waals surface area contributed by atoms with E-state index in [-0.39, 0.29) is 30.0 Å². The first kappa shape index (κ1) is 17.5. The Kier molecular flexibility index (Phi) is 4.79. The molecule has 6 heteroatoms. The highest BCUT2D eigenvalue weighted by Gasteiger charge is 2.25. The molecule has 3 rings (SSSR count). The minimum absolute atomic E-state index is 0.139. The number of aromatic nitrogens is 1. The third-order valence-corrected chi connectivity index (χ3v) is 4.28. The van der Waals surface area contributed by atoms with Crippen LogP contribution in [0.1, 0.15) is 42.7 Å². The van der Waals surface area contributed by atoms with Gasteiger partial charge in [-0.3, -0.25) is 9.98 Å². The molecule has 0 fully saturated rings. The average molecular weight is 348 g/mol. The molecule has 0 bridgehead atoms. The lowest BCUT2D eigenvalue weighted by Crippen LogP contribution is -2.22. The van der Waals surface area contributed by atoms with Gasteiger partial charge < -0.3 is 4.74 Å². The molecule has 0 spiro atoms. The summed E-state index contributed by atoms with van der Waals surface area (Å²) >= 11 is 0. The molecule has 2 aromatic rings. The molecule has 0 aliphatic carbocycles. The van der Waals surface area contributed by atoms with Crippen molar-refractivity contribution in [2.45, 2.75) is 33.2 Å². The number of halogens is 3. The number of hydrogen-bond donors (Lipinski definition) is 0. The van der Waals surface area contributed by atoms with Crippen LogP contribution >= 0.6 is 0 Å². The number of rotatable bonds is 3. The Morgan fingerprint density at radius 2 is 2.00 bits per heavy atom. The summed E-state index contributed by atoms with van der Waals surface area (Å²) in [7, 11) is 0. The van der Waals surface area contributed by atoms with E-state index in [1.165, 1.54) is 12.3 Å². The lowest BCUT2D eigenvalue weighted by Gasteiger charge is -2.15. The molecule has 2 heterocycles. The summed E-state index contributed by atoms with van der Waals surface area (Å²) in [4.78, 5) is 8.62. The highest BCUT2D eigenvalue weighted by atomic mass is 19.3. The first-order valence-corrected chi connectivity index (χ1v) is 8.13. The van der Waals surface area contributed by atoms with Gasteiger partial charge in [-0.05, 0) is 36.6 Å². The summed E-state index contributed by atoms with van der Waals surface area (Å²) in [6.45, 7) is 5.85. The summed E-state index contributed by atoms with van der Waals surface area (Å²) in [5, 5.41) is 0. The summed E-state index contributed by atoms with van der Waals surface area (Å²) in [5.41, 5.74) is 1.72. The third kappa shape index (κ3) is 3.38. The van der Waals surface area contributed by atoms with E-state index in [0.717, 1.165) is 0 Å². The smallest absolute Gasteiger partial charge is 0.280 e. The molecule has 0 saturated carbocycles. The average Bonchev–Trinajstić information content (AvgIpc) is 2.75. The highest BCUT2D eigenvalue weighted by Crippen LogP contribution is 2.31. The van der Waals surface area contributed by atoms with Gasteiger partial charge in [0, 0.05) is 17.3 Å². The fourth-order valence-corrected chi connectivity index (χ4v) is 2.80. The van der Waals surface area contributed by atoms with Crippen LogP contribution in [0.2, 0.25) is 0 Å². The quantitative estimate of drug-likeness (QED) is 0.804. The van der Waals surface area contributed by atoms with Crippen molar-refractivity contribution in [3.63, 3.8) is 0 Å². The Morgan fingerprint density at radius 3 is 2.64 bits per heavy atom. The summed E-state index contributed by atoms with van der Waals surface area (Å²) in [6, 6.07) is 6.07. The summed E-state index contributed by atoms with van der Waals surface area (Å²) in [6.07, 6.45) is -1.27. The van der Waals surface area contributed by atoms with Gasteiger partial charge in [0.25, 0.3) is 6.43 Å². The summed E-state index contributed by atoms with van der Waals surface area (Å²) < 4.78 is 45.8. The van der Waals surface area contributed by atoms with Crippen LogP contribution in [-0.2, 0) is 0 Å². The van der Waals surface area contributed by atoms with Crippen molar-refractivity contribution in [3.8, 4) is 5.75 Å². The van der Waals surface area contributed by atoms with E-state index in [4.69, 9.17) is 9.73 Å². The van der Waals surface area contributed by atoms with E-state index >= 15 is 0 Å². The number of para-hydroxylation sites is 1. The van der Waals surface area contributed by atoms with E-state index < -0.39 is 12.2 Å². The monoisotopic (exact) mass is 348 g/mol. The normalized spacial score (nSPS) is 17.1. The molecule has 0 radical (unpaired) electrons. The Morgan fingerprint density at radius 1 is 1.24 bits per heavy atom. The van der Waals surface area contributed by atoms with Crippen LogP contribution in [-0.4, -0.2) is 23.3 Å². The first-order valence-electron chi connectivity index (χ1n) is 8.13. The fourth-order valence-electron chi connectivity index (χ4n) is 2.80. The van der Waals surface area contributed by atoms with E-state index in [1.54, 1.807) is 25.1 Å². The van der Waals surface area contributed by atoms with Crippen molar-refractivity contribution in [1.29, 1.82) is 0 Å². The molecular weight excluding hydrogens is 329 g/mol. The standard InChI is InChI=1S/C19H19F3N2O/c1-10(2)15-9-25-18-13(5-4-6-14(18)20)17(24-15)12-7-11(3)16(19(21)22)23-8-12/h4-8,10,15,19H,9H2,1-3H3/t15-/m1/s1. The van der Waals surface area contributed by atoms with Crippen LogP contribution in [0, 0.1) is 18.7 Å². The third-order valence-electron chi connectivity index (χ3n) is 4.28. The maximum absolute atomic E-state index is 14.2. The van der Waals surface area contributed by atoms with Gasteiger partial charge in [-0.2, -0.15) is 0 Å². The molecule has 1 aliphatic rings. The first-order chi connectivity index (χ1) is 11.9. The Hall–Kier alpha value is -2.37. The van der Waals surface area contributed by atoms with E-state index in [0.29, 0.717) is 22.4 Å². The van der Waals surface area contributed by atoms with Crippen LogP contribution in [0.5, 0.6) is 5.75 Å². The van der Waals surface area contributed by atoms with Gasteiger partial charge in [0.2, 0.25) is 0 Å². The van der Waals surface area contributed by atoms with E-state index in [1.807, 2.05) is 13.8 Å². The maximum Gasteiger partial charge on any atom is 0.280 e. The second-order valence-corrected chi connectivity index (χ2v) is 6.44. The highest BCUT2D eigenvalue weighted by molar-refractivity contribution is 6.14. The number of ether oxygens (including phenoxy) is 1. The molecule has 0 unspecified atom stereocenters. The molecule has 1 aromatic heterocycles. The van der Waals surface area contributed by atoms with E-state index in [9.17, 15) is 13.2 Å². The van der Waals surface area contributed by atoms with Crippen molar-refractivity contribution >= 4 is 5.71 Å². The number of alkyl halides is 2. The van der Waals surface area contributed by atoms with Crippen molar-refractivity contribution in [2.75, 3.05) is 6.61 Å². The molecule has 3 nitrogen and oxygen atoms in total. The van der Waals surface area contributed by atoms with Crippen molar-refractivity contribution in [1.82, 2.24) is 4.98 Å². The van der Waals surface area contributed by atoms with Gasteiger partial charge in [-0.25, -0.2) is 13.2 Å². The molecule has 1 atom stereocenters. The van der Waals surface area contributed by atoms with Crippen LogP contribution in [0.25, 0.3) is 0 Å². The number of fused-ring (bicyclic) bond motifs is 1. The number of nitrogens with zero attached hydrogens (tertiary/aromatic N) is 2. The molecule has 0 N–H and O–H groups in total. The second-order valence-electron chi connectivity index (χ2n) is 6.44. The number of hydrogen-bond acceptors (Lipinski definition) is 3. The van der Waals surface area contributed by atoms with Gasteiger partial charge in [0.15, 0.2) is 11.6 Å². The molecule has 1 aromatic carbocycles. The number of benzene rings is 1. The van der Waals surface area contributed by atoms with Crippen molar-refractivity contribution < 1.29 is 17.9 Å². The van der Waals surface area contributed by atoms with Crippen molar-refractivity contribution in [2.24, 2.45) is 10.9 Å². The van der Waals surface area contributed by atoms with Crippen LogP contribution in [0.4, 0.5) is 13.2 Å². The van der Waals surface area contributed by atoms with Crippen LogP contribution < -0.4 is 4.74 Å². The van der Waals surface area contributed by atoms with Gasteiger partial charge in [0.05, 0.1) is 11.8 Å². The van der Waals surface area contributed by atoms with Gasteiger partial charge in [0.1, 0.15) is 12.3 Å². The molecule has 0 saturated heterocycles. The van der Waals surface area contributed by atoms with Gasteiger partial charge >= 0.3 is 0 Å². The number of pyridine rings is 1. The zero-order valence-corrected chi connectivity index (χ0v) is 14.3. The molecule has 0 amide bonds. The van der Waals surface area contributed by atoms with Crippen molar-refractivity contribution in [3.05, 3.63) is 58.7 Å². The van der Waals surface area contributed by atoms with Gasteiger partial charge in [-0.1, -0.05) is 19.9 Å². The van der Waals surface area contributed by atoms with Crippen LogP contribution in [0.3, 0.4) is 0 Å². The predicted octanol–water partition coefficient (Wildman–Crippen LogP) is 4.72. The molecule has 1 aliphatic heterocycles. The predicted molar refractivity (Wildman–Crippen MR) is 90.1 cm³/mol. The Bertz CT molecular complexity index is 818. The minimum Gasteiger partial charge on any atom is -0.488 e. The van der Waals surface area contributed by atoms with Crippen LogP contribution in [0.15, 0.2) is 35.5 Å². The number of aryl methyl sites for hydroxylation is 1. The fraction of sp³-hybridized carbons (Fsp3) is 0.368. The lowest BCUT2D eigenvalue weighted by molar-refractivity contribution is 0.145. The molecule has 25 heavy (non-hydrogen) atoms. The van der Waals surface area contributed by atoms with Gasteiger partial charge in [-0.15, -0.1) is 0 Å². The van der Waals surface area contributed by atoms with E-state index in [2.05, 4.69) is 4.98 Å². The summed E-state index contributed by atoms with van der Waals surface area (Å²) in [5.74, 6) is -0.148. The zero-order valence-electron chi connectivity index (χ0n) is 14.3. The Labute approximate surface area is 144 Å². The lowest BCUT2D eigenvalue weighted by atomic mass is 9.99. The largest absolute Gasteiger partial charge is 0.488 e. The topological polar surface area (TPSA) is 34.5 Å². The SMILES string of the molecule is Cc1cc(C2=N[C@@H](C(C)C)COc3c(F)cccc32)cnc1C(F)F. The maximum atomic E-state index is 14.2. The number of aliphatic imine (C=N–C) groups is 1. The second kappa shape index (κ2) is 6.86.